The van der Waals surface area contributed by atoms with Crippen LogP contribution in [-0.2, 0) is 0 Å². The Hall–Kier alpha value is -6.78. The van der Waals surface area contributed by atoms with Gasteiger partial charge in [-0.1, -0.05) is 115 Å². The van der Waals surface area contributed by atoms with Crippen molar-refractivity contribution in [2.45, 2.75) is 0 Å². The molecule has 8 aromatic carbocycles. The van der Waals surface area contributed by atoms with Crippen molar-refractivity contribution in [2.24, 2.45) is 0 Å². The van der Waals surface area contributed by atoms with E-state index in [1.807, 2.05) is 12.1 Å². The predicted octanol–water partition coefficient (Wildman–Crippen LogP) is 13.2. The zero-order chi connectivity index (χ0) is 32.8. The van der Waals surface area contributed by atoms with Gasteiger partial charge in [0.1, 0.15) is 22.3 Å². The number of aromatic nitrogens is 1. The van der Waals surface area contributed by atoms with Gasteiger partial charge in [0.15, 0.2) is 0 Å². The summed E-state index contributed by atoms with van der Waals surface area (Å²) in [7, 11) is 0. The van der Waals surface area contributed by atoms with Crippen molar-refractivity contribution in [1.82, 2.24) is 4.57 Å². The Labute approximate surface area is 286 Å². The number of hydrogen-bond donors (Lipinski definition) is 0. The van der Waals surface area contributed by atoms with Gasteiger partial charge in [-0.25, -0.2) is 0 Å². The number of furan rings is 2. The monoisotopic (exact) mass is 640 g/mol. The second-order valence-corrected chi connectivity index (χ2v) is 12.9. The molecule has 11 rings (SSSR count). The molecule has 0 saturated heterocycles. The van der Waals surface area contributed by atoms with Crippen LogP contribution in [-0.4, -0.2) is 4.57 Å². The molecular formula is C46H28N2O2. The van der Waals surface area contributed by atoms with Crippen LogP contribution in [0.3, 0.4) is 0 Å². The summed E-state index contributed by atoms with van der Waals surface area (Å²) < 4.78 is 15.7. The van der Waals surface area contributed by atoms with Gasteiger partial charge in [0.05, 0.1) is 38.9 Å². The Morgan fingerprint density at radius 3 is 1.84 bits per heavy atom. The first-order valence-electron chi connectivity index (χ1n) is 16.9. The predicted molar refractivity (Wildman–Crippen MR) is 208 cm³/mol. The molecule has 0 radical (unpaired) electrons. The fourth-order valence-electron chi connectivity index (χ4n) is 8.07. The van der Waals surface area contributed by atoms with Crippen molar-refractivity contribution in [3.8, 4) is 5.69 Å². The summed E-state index contributed by atoms with van der Waals surface area (Å²) in [6.07, 6.45) is 0. The molecule has 4 heteroatoms. The lowest BCUT2D eigenvalue weighted by Gasteiger charge is -2.29. The molecule has 4 nitrogen and oxygen atoms in total. The summed E-state index contributed by atoms with van der Waals surface area (Å²) >= 11 is 0. The van der Waals surface area contributed by atoms with Crippen molar-refractivity contribution in [3.05, 3.63) is 170 Å². The normalized spacial score (nSPS) is 12.0. The van der Waals surface area contributed by atoms with Gasteiger partial charge < -0.3 is 18.3 Å². The molecule has 234 valence electrons. The van der Waals surface area contributed by atoms with E-state index in [0.717, 1.165) is 88.4 Å². The fraction of sp³-hybridized carbons (Fsp3) is 0. The first-order chi connectivity index (χ1) is 24.8. The quantitative estimate of drug-likeness (QED) is 0.192. The molecule has 0 amide bonds. The molecule has 0 aliphatic heterocycles. The summed E-state index contributed by atoms with van der Waals surface area (Å²) in [5.74, 6) is 0. The lowest BCUT2D eigenvalue weighted by atomic mass is 10.0. The zero-order valence-electron chi connectivity index (χ0n) is 26.9. The molecule has 11 aromatic rings. The standard InChI is InChI=1S/C46H28N2O2/c1-2-15-30(16-3-1)47-36-22-9-6-18-32(36)33-21-12-24-38(45(33)47)48(37-23-13-27-42-43(37)34-19-7-10-25-40(34)49-42)39-28-29-14-4-5-17-31(29)46-44(39)35-20-8-11-26-41(35)50-46/h1-28H. The van der Waals surface area contributed by atoms with Crippen LogP contribution in [0.25, 0.3) is 82.1 Å². The molecule has 0 saturated carbocycles. The van der Waals surface area contributed by atoms with Crippen molar-refractivity contribution < 1.29 is 8.83 Å². The highest BCUT2D eigenvalue weighted by Crippen LogP contribution is 2.51. The Morgan fingerprint density at radius 1 is 0.400 bits per heavy atom. The van der Waals surface area contributed by atoms with Crippen LogP contribution in [0, 0.1) is 0 Å². The minimum absolute atomic E-state index is 0.846. The van der Waals surface area contributed by atoms with Gasteiger partial charge in [-0.15, -0.1) is 0 Å². The average Bonchev–Trinajstić information content (AvgIpc) is 3.86. The molecule has 0 atom stereocenters. The SMILES string of the molecule is c1ccc(-n2c3ccccc3c3cccc(N(c4cccc5oc6ccccc6c45)c4cc5ccccc5c5oc6ccccc6c45)c32)cc1. The molecule has 3 heterocycles. The largest absolute Gasteiger partial charge is 0.456 e. The second kappa shape index (κ2) is 10.4. The van der Waals surface area contributed by atoms with Crippen LogP contribution in [0.15, 0.2) is 179 Å². The zero-order valence-corrected chi connectivity index (χ0v) is 26.9. The lowest BCUT2D eigenvalue weighted by molar-refractivity contribution is 0.669. The highest BCUT2D eigenvalue weighted by Gasteiger charge is 2.27. The molecule has 0 N–H and O–H groups in total. The molecule has 50 heavy (non-hydrogen) atoms. The first kappa shape index (κ1) is 27.2. The Balaban J connectivity index is 1.37. The van der Waals surface area contributed by atoms with E-state index >= 15 is 0 Å². The van der Waals surface area contributed by atoms with Gasteiger partial charge in [0.25, 0.3) is 0 Å². The van der Waals surface area contributed by atoms with E-state index < -0.39 is 0 Å². The number of fused-ring (bicyclic) bond motifs is 11. The Morgan fingerprint density at radius 2 is 1.00 bits per heavy atom. The van der Waals surface area contributed by atoms with Crippen LogP contribution in [0.1, 0.15) is 0 Å². The molecule has 0 fully saturated rings. The maximum atomic E-state index is 6.75. The maximum Gasteiger partial charge on any atom is 0.145 e. The van der Waals surface area contributed by atoms with E-state index in [4.69, 9.17) is 8.83 Å². The maximum absolute atomic E-state index is 6.75. The molecule has 0 aliphatic rings. The van der Waals surface area contributed by atoms with Crippen molar-refractivity contribution in [3.63, 3.8) is 0 Å². The Kier molecular flexibility index (Phi) is 5.63. The highest BCUT2D eigenvalue weighted by molar-refractivity contribution is 6.25. The summed E-state index contributed by atoms with van der Waals surface area (Å²) in [6, 6.07) is 60.0. The summed E-state index contributed by atoms with van der Waals surface area (Å²) in [4.78, 5) is 2.45. The Bertz CT molecular complexity index is 3110. The lowest BCUT2D eigenvalue weighted by Crippen LogP contribution is -2.12. The minimum atomic E-state index is 0.846. The second-order valence-electron chi connectivity index (χ2n) is 12.9. The molecule has 0 aliphatic carbocycles. The topological polar surface area (TPSA) is 34.5 Å². The minimum Gasteiger partial charge on any atom is -0.456 e. The molecule has 0 unspecified atom stereocenters. The third-order valence-electron chi connectivity index (χ3n) is 10.1. The van der Waals surface area contributed by atoms with Gasteiger partial charge in [-0.3, -0.25) is 0 Å². The van der Waals surface area contributed by atoms with Crippen LogP contribution < -0.4 is 4.90 Å². The van der Waals surface area contributed by atoms with Gasteiger partial charge in [-0.05, 0) is 60.0 Å². The van der Waals surface area contributed by atoms with E-state index in [0.29, 0.717) is 0 Å². The number of benzene rings is 8. The van der Waals surface area contributed by atoms with E-state index in [2.05, 4.69) is 167 Å². The summed E-state index contributed by atoms with van der Waals surface area (Å²) in [5.41, 5.74) is 9.97. The van der Waals surface area contributed by atoms with Crippen LogP contribution in [0.4, 0.5) is 17.1 Å². The third-order valence-corrected chi connectivity index (χ3v) is 10.1. The number of nitrogens with zero attached hydrogens (tertiary/aromatic N) is 2. The van der Waals surface area contributed by atoms with Gasteiger partial charge in [-0.2, -0.15) is 0 Å². The van der Waals surface area contributed by atoms with Gasteiger partial charge in [0.2, 0.25) is 0 Å². The molecule has 3 aromatic heterocycles. The van der Waals surface area contributed by atoms with Crippen LogP contribution in [0.5, 0.6) is 0 Å². The molecule has 0 spiro atoms. The summed E-state index contributed by atoms with van der Waals surface area (Å²) in [5, 5.41) is 8.88. The number of hydrogen-bond acceptors (Lipinski definition) is 3. The fourth-order valence-corrected chi connectivity index (χ4v) is 8.07. The van der Waals surface area contributed by atoms with Crippen molar-refractivity contribution in [2.75, 3.05) is 4.90 Å². The van der Waals surface area contributed by atoms with Crippen LogP contribution in [0.2, 0.25) is 0 Å². The van der Waals surface area contributed by atoms with E-state index in [1.54, 1.807) is 0 Å². The highest BCUT2D eigenvalue weighted by atomic mass is 16.3. The first-order valence-corrected chi connectivity index (χ1v) is 16.9. The van der Waals surface area contributed by atoms with E-state index in [1.165, 1.54) is 10.8 Å². The van der Waals surface area contributed by atoms with Crippen molar-refractivity contribution in [1.29, 1.82) is 0 Å². The van der Waals surface area contributed by atoms with Crippen LogP contribution >= 0.6 is 0 Å². The van der Waals surface area contributed by atoms with E-state index in [-0.39, 0.29) is 0 Å². The molecular weight excluding hydrogens is 613 g/mol. The number of para-hydroxylation sites is 5. The van der Waals surface area contributed by atoms with Gasteiger partial charge in [0, 0.05) is 32.6 Å². The average molecular weight is 641 g/mol. The summed E-state index contributed by atoms with van der Waals surface area (Å²) in [6.45, 7) is 0. The molecule has 0 bridgehead atoms. The number of rotatable bonds is 4. The third kappa shape index (κ3) is 3.76. The van der Waals surface area contributed by atoms with Crippen molar-refractivity contribution >= 4 is 93.5 Å². The van der Waals surface area contributed by atoms with E-state index in [9.17, 15) is 0 Å². The van der Waals surface area contributed by atoms with Gasteiger partial charge >= 0.3 is 0 Å². The number of anilines is 3. The smallest absolute Gasteiger partial charge is 0.145 e.